The number of ether oxygens (including phenoxy) is 1. The van der Waals surface area contributed by atoms with Crippen molar-refractivity contribution in [3.05, 3.63) is 11.1 Å². The van der Waals surface area contributed by atoms with E-state index >= 15 is 0 Å². The van der Waals surface area contributed by atoms with E-state index in [0.717, 1.165) is 6.42 Å². The second kappa shape index (κ2) is 7.04. The Morgan fingerprint density at radius 1 is 1.25 bits per heavy atom. The predicted octanol–water partition coefficient (Wildman–Crippen LogP) is 0.658. The summed E-state index contributed by atoms with van der Waals surface area (Å²) in [6, 6.07) is -0.633. The Kier molecular flexibility index (Phi) is 5.69. The van der Waals surface area contributed by atoms with Crippen LogP contribution in [0.4, 0.5) is 4.79 Å². The van der Waals surface area contributed by atoms with E-state index in [1.807, 2.05) is 6.92 Å². The van der Waals surface area contributed by atoms with Gasteiger partial charge in [0.1, 0.15) is 0 Å². The van der Waals surface area contributed by atoms with Gasteiger partial charge in [-0.1, -0.05) is 0 Å². The summed E-state index contributed by atoms with van der Waals surface area (Å²) in [5, 5.41) is 13.5. The van der Waals surface area contributed by atoms with Gasteiger partial charge >= 0.3 is 12.0 Å². The van der Waals surface area contributed by atoms with Crippen LogP contribution in [-0.2, 0) is 14.3 Å². The van der Waals surface area contributed by atoms with E-state index in [1.165, 1.54) is 13.8 Å². The monoisotopic (exact) mass is 284 g/mol. The molecule has 112 valence electrons. The normalized spacial score (nSPS) is 22.9. The number of carbonyl (C=O) groups is 3. The molecule has 0 spiro atoms. The number of rotatable bonds is 4. The maximum absolute atomic E-state index is 11.6. The molecular weight excluding hydrogens is 264 g/mol. The minimum atomic E-state index is -1.19. The standard InChI is InChI=1S/C13H20N2O5/c1-7(8(2)12(17)18)11(16)15-13(19)14-6-10-4-5-20-9(10)3/h9-10H,4-6H2,1-3H3,(H,17,18)(H2,14,15,16,19). The molecule has 7 nitrogen and oxygen atoms in total. The van der Waals surface area contributed by atoms with Crippen LogP contribution in [0.15, 0.2) is 11.1 Å². The molecule has 0 saturated carbocycles. The molecule has 0 radical (unpaired) electrons. The maximum Gasteiger partial charge on any atom is 0.331 e. The molecule has 1 aliphatic rings. The highest BCUT2D eigenvalue weighted by Gasteiger charge is 2.24. The van der Waals surface area contributed by atoms with Crippen molar-refractivity contribution >= 4 is 17.9 Å². The number of carbonyl (C=O) groups excluding carboxylic acids is 2. The van der Waals surface area contributed by atoms with Crippen LogP contribution in [0.25, 0.3) is 0 Å². The fourth-order valence-electron chi connectivity index (χ4n) is 1.84. The van der Waals surface area contributed by atoms with Crippen LogP contribution in [-0.4, -0.2) is 42.3 Å². The Hall–Kier alpha value is -1.89. The smallest absolute Gasteiger partial charge is 0.331 e. The van der Waals surface area contributed by atoms with E-state index in [0.29, 0.717) is 13.2 Å². The lowest BCUT2D eigenvalue weighted by Crippen LogP contribution is -2.42. The summed E-state index contributed by atoms with van der Waals surface area (Å²) >= 11 is 0. The first kappa shape index (κ1) is 16.2. The third-order valence-corrected chi connectivity index (χ3v) is 3.51. The van der Waals surface area contributed by atoms with Crippen LogP contribution in [0.1, 0.15) is 27.2 Å². The second-order valence-corrected chi connectivity index (χ2v) is 4.84. The molecule has 3 N–H and O–H groups in total. The Bertz CT molecular complexity index is 444. The van der Waals surface area contributed by atoms with Crippen LogP contribution < -0.4 is 10.6 Å². The number of carboxylic acid groups (broad SMARTS) is 1. The van der Waals surface area contributed by atoms with Crippen LogP contribution in [0.2, 0.25) is 0 Å². The number of amides is 3. The summed E-state index contributed by atoms with van der Waals surface area (Å²) in [6.07, 6.45) is 0.953. The molecule has 3 amide bonds. The summed E-state index contributed by atoms with van der Waals surface area (Å²) in [4.78, 5) is 33.9. The molecule has 0 aromatic rings. The van der Waals surface area contributed by atoms with Crippen molar-refractivity contribution in [3.63, 3.8) is 0 Å². The van der Waals surface area contributed by atoms with Gasteiger partial charge in [-0.05, 0) is 27.2 Å². The number of nitrogens with one attached hydrogen (secondary N) is 2. The van der Waals surface area contributed by atoms with Gasteiger partial charge in [0.25, 0.3) is 5.91 Å². The van der Waals surface area contributed by atoms with Crippen LogP contribution in [0, 0.1) is 5.92 Å². The van der Waals surface area contributed by atoms with E-state index in [9.17, 15) is 14.4 Å². The minimum absolute atomic E-state index is 0.00483. The second-order valence-electron chi connectivity index (χ2n) is 4.84. The summed E-state index contributed by atoms with van der Waals surface area (Å²) in [7, 11) is 0. The first-order chi connectivity index (χ1) is 9.32. The first-order valence-electron chi connectivity index (χ1n) is 6.44. The topological polar surface area (TPSA) is 105 Å². The average molecular weight is 284 g/mol. The Labute approximate surface area is 117 Å². The molecule has 0 aromatic heterocycles. The quantitative estimate of drug-likeness (QED) is 0.658. The molecule has 2 atom stereocenters. The summed E-state index contributed by atoms with van der Waals surface area (Å²) in [6.45, 7) is 5.70. The highest BCUT2D eigenvalue weighted by molar-refractivity contribution is 6.07. The third kappa shape index (κ3) is 4.34. The molecule has 2 unspecified atom stereocenters. The Morgan fingerprint density at radius 3 is 2.40 bits per heavy atom. The zero-order valence-electron chi connectivity index (χ0n) is 11.9. The number of carboxylic acids is 1. The molecule has 0 aliphatic carbocycles. The lowest BCUT2D eigenvalue weighted by molar-refractivity contribution is -0.133. The van der Waals surface area contributed by atoms with Crippen molar-refractivity contribution in [2.45, 2.75) is 33.3 Å². The Balaban J connectivity index is 2.44. The number of imide groups is 1. The lowest BCUT2D eigenvalue weighted by atomic mass is 10.0. The van der Waals surface area contributed by atoms with E-state index in [-0.39, 0.29) is 23.2 Å². The van der Waals surface area contributed by atoms with Gasteiger partial charge in [-0.3, -0.25) is 10.1 Å². The van der Waals surface area contributed by atoms with Gasteiger partial charge in [0.2, 0.25) is 0 Å². The SMILES string of the molecule is CC(C(=O)O)=C(C)C(=O)NC(=O)NCC1CCOC1C. The molecule has 1 saturated heterocycles. The van der Waals surface area contributed by atoms with Gasteiger partial charge in [-0.15, -0.1) is 0 Å². The number of aliphatic carboxylic acids is 1. The number of hydrogen-bond donors (Lipinski definition) is 3. The zero-order chi connectivity index (χ0) is 15.3. The van der Waals surface area contributed by atoms with Gasteiger partial charge in [-0.2, -0.15) is 0 Å². The van der Waals surface area contributed by atoms with Crippen LogP contribution >= 0.6 is 0 Å². The molecule has 1 rings (SSSR count). The molecule has 1 aliphatic heterocycles. The highest BCUT2D eigenvalue weighted by atomic mass is 16.5. The minimum Gasteiger partial charge on any atom is -0.478 e. The van der Waals surface area contributed by atoms with Crippen molar-refractivity contribution in [2.75, 3.05) is 13.2 Å². The van der Waals surface area contributed by atoms with Gasteiger partial charge in [-0.25, -0.2) is 9.59 Å². The number of hydrogen-bond acceptors (Lipinski definition) is 4. The molecule has 1 fully saturated rings. The van der Waals surface area contributed by atoms with Crippen LogP contribution in [0.3, 0.4) is 0 Å². The van der Waals surface area contributed by atoms with Crippen LogP contribution in [0.5, 0.6) is 0 Å². The van der Waals surface area contributed by atoms with Gasteiger partial charge in [0, 0.05) is 30.2 Å². The van der Waals surface area contributed by atoms with Crippen molar-refractivity contribution in [3.8, 4) is 0 Å². The molecular formula is C13H20N2O5. The van der Waals surface area contributed by atoms with E-state index < -0.39 is 17.9 Å². The molecule has 7 heteroatoms. The fraction of sp³-hybridized carbons (Fsp3) is 0.615. The summed E-state index contributed by atoms with van der Waals surface area (Å²) in [5.41, 5.74) is -0.0849. The molecule has 0 aromatic carbocycles. The Morgan fingerprint density at radius 2 is 1.90 bits per heavy atom. The van der Waals surface area contributed by atoms with Crippen molar-refractivity contribution in [1.29, 1.82) is 0 Å². The third-order valence-electron chi connectivity index (χ3n) is 3.51. The lowest BCUT2D eigenvalue weighted by Gasteiger charge is -2.15. The van der Waals surface area contributed by atoms with E-state index in [4.69, 9.17) is 9.84 Å². The summed E-state index contributed by atoms with van der Waals surface area (Å²) < 4.78 is 5.36. The largest absolute Gasteiger partial charge is 0.478 e. The number of urea groups is 1. The highest BCUT2D eigenvalue weighted by Crippen LogP contribution is 2.19. The average Bonchev–Trinajstić information content (AvgIpc) is 2.79. The first-order valence-corrected chi connectivity index (χ1v) is 6.44. The molecule has 20 heavy (non-hydrogen) atoms. The summed E-state index contributed by atoms with van der Waals surface area (Å²) in [5.74, 6) is -1.67. The van der Waals surface area contributed by atoms with E-state index in [1.54, 1.807) is 0 Å². The van der Waals surface area contributed by atoms with Crippen molar-refractivity contribution < 1.29 is 24.2 Å². The fourth-order valence-corrected chi connectivity index (χ4v) is 1.84. The van der Waals surface area contributed by atoms with Gasteiger partial charge in [0.15, 0.2) is 0 Å². The predicted molar refractivity (Wildman–Crippen MR) is 71.1 cm³/mol. The van der Waals surface area contributed by atoms with E-state index in [2.05, 4.69) is 10.6 Å². The van der Waals surface area contributed by atoms with Gasteiger partial charge < -0.3 is 15.2 Å². The van der Waals surface area contributed by atoms with Crippen molar-refractivity contribution in [1.82, 2.24) is 10.6 Å². The van der Waals surface area contributed by atoms with Crippen molar-refractivity contribution in [2.24, 2.45) is 5.92 Å². The maximum atomic E-state index is 11.6. The molecule has 1 heterocycles. The molecule has 0 bridgehead atoms. The van der Waals surface area contributed by atoms with Gasteiger partial charge in [0.05, 0.1) is 6.10 Å². The zero-order valence-corrected chi connectivity index (χ0v) is 11.9.